The van der Waals surface area contributed by atoms with Crippen LogP contribution >= 0.6 is 0 Å². The summed E-state index contributed by atoms with van der Waals surface area (Å²) in [5.41, 5.74) is 1.10. The maximum Gasteiger partial charge on any atom is 0.155 e. The third-order valence-corrected chi connectivity index (χ3v) is 6.25. The van der Waals surface area contributed by atoms with E-state index in [0.29, 0.717) is 37.4 Å². The molecule has 0 radical (unpaired) electrons. The zero-order chi connectivity index (χ0) is 34.5. The van der Waals surface area contributed by atoms with Crippen molar-refractivity contribution in [2.75, 3.05) is 0 Å². The predicted molar refractivity (Wildman–Crippen MR) is 184 cm³/mol. The van der Waals surface area contributed by atoms with Gasteiger partial charge in [0.15, 0.2) is 23.1 Å². The summed E-state index contributed by atoms with van der Waals surface area (Å²) in [6.45, 7) is 17.3. The number of hydrogen-bond donors (Lipinski definition) is 0. The Hall–Kier alpha value is -3.72. The fourth-order valence-electron chi connectivity index (χ4n) is 3.81. The molecule has 0 spiro atoms. The lowest BCUT2D eigenvalue weighted by Crippen LogP contribution is -2.25. The van der Waals surface area contributed by atoms with E-state index < -0.39 is 0 Å². The fourth-order valence-corrected chi connectivity index (χ4v) is 3.81. The third-order valence-electron chi connectivity index (χ3n) is 6.25. The Kier molecular flexibility index (Phi) is 38.5. The van der Waals surface area contributed by atoms with E-state index in [0.717, 1.165) is 56.8 Å². The van der Waals surface area contributed by atoms with E-state index in [1.54, 1.807) is 12.2 Å². The van der Waals surface area contributed by atoms with Crippen LogP contribution in [0.25, 0.3) is 0 Å². The van der Waals surface area contributed by atoms with Gasteiger partial charge in [0.1, 0.15) is 23.6 Å². The second-order valence-electron chi connectivity index (χ2n) is 10.3. The standard InChI is InChI=1S/C10H12O2.C7H10O.C6H8O2.2C4H6O.C3H6O.C2H6.CH4.H2O/c11-8-4-5-9-7(6-8)2-1-3-10(9)12;1-6-2-4-7(8)5-3-6;7-5-2-1-3-6(8)4-5;2*1-3-4(2)5;1-2-3-4;1-2;;/h6,9H,1-5H2;2,4,6H,3,5H2,1H3;1-4H2;2*3H,1H2,2H3;3H,2H2,1H3;1-2H3;1H4;1H2/p-1. The second-order valence-corrected chi connectivity index (χ2v) is 10.3. The van der Waals surface area contributed by atoms with Crippen molar-refractivity contribution in [2.24, 2.45) is 11.8 Å². The maximum absolute atomic E-state index is 11.4. The van der Waals surface area contributed by atoms with Crippen molar-refractivity contribution in [3.63, 3.8) is 0 Å². The van der Waals surface area contributed by atoms with Crippen LogP contribution in [0.2, 0.25) is 0 Å². The molecule has 0 saturated heterocycles. The molecule has 0 aromatic heterocycles. The molecule has 9 heteroatoms. The zero-order valence-electron chi connectivity index (χ0n) is 28.2. The topological polar surface area (TPSA) is 167 Å². The molecule has 4 aliphatic carbocycles. The fraction of sp³-hybridized carbons (Fsp3) is 0.568. The molecule has 2 fully saturated rings. The van der Waals surface area contributed by atoms with Crippen LogP contribution < -0.4 is 0 Å². The second kappa shape index (κ2) is 34.2. The van der Waals surface area contributed by atoms with Crippen molar-refractivity contribution in [1.82, 2.24) is 0 Å². The Balaban J connectivity index is -0.000000149. The first-order valence-corrected chi connectivity index (χ1v) is 15.5. The number of carbonyl (C=O) groups is 8. The highest BCUT2D eigenvalue weighted by Crippen LogP contribution is 2.33. The van der Waals surface area contributed by atoms with Gasteiger partial charge in [-0.2, -0.15) is 0 Å². The molecule has 4 rings (SSSR count). The Morgan fingerprint density at radius 3 is 1.57 bits per heavy atom. The summed E-state index contributed by atoms with van der Waals surface area (Å²) in [6, 6.07) is 0. The molecule has 2 unspecified atom stereocenters. The Morgan fingerprint density at radius 1 is 0.804 bits per heavy atom. The first kappa shape index (κ1) is 51.8. The summed E-state index contributed by atoms with van der Waals surface area (Å²) in [6.07, 6.45) is 17.4. The summed E-state index contributed by atoms with van der Waals surface area (Å²) in [5.74, 6) is 1.82. The lowest BCUT2D eigenvalue weighted by atomic mass is 9.77. The van der Waals surface area contributed by atoms with Gasteiger partial charge in [-0.1, -0.05) is 59.9 Å². The smallest absolute Gasteiger partial charge is 0.155 e. The van der Waals surface area contributed by atoms with Gasteiger partial charge >= 0.3 is 0 Å². The van der Waals surface area contributed by atoms with Gasteiger partial charge in [0, 0.05) is 44.4 Å². The Morgan fingerprint density at radius 2 is 1.24 bits per heavy atom. The van der Waals surface area contributed by atoms with E-state index in [9.17, 15) is 38.4 Å². The minimum Gasteiger partial charge on any atom is -0.870 e. The van der Waals surface area contributed by atoms with E-state index in [4.69, 9.17) is 0 Å². The van der Waals surface area contributed by atoms with Gasteiger partial charge in [0.25, 0.3) is 0 Å². The summed E-state index contributed by atoms with van der Waals surface area (Å²) >= 11 is 0. The van der Waals surface area contributed by atoms with Gasteiger partial charge < -0.3 is 10.3 Å². The van der Waals surface area contributed by atoms with E-state index in [2.05, 4.69) is 20.1 Å². The first-order chi connectivity index (χ1) is 20.8. The number of hydrogen-bond acceptors (Lipinski definition) is 9. The predicted octanol–water partition coefficient (Wildman–Crippen LogP) is 7.49. The average Bonchev–Trinajstić information content (AvgIpc) is 3.01. The van der Waals surface area contributed by atoms with Crippen molar-refractivity contribution in [3.05, 3.63) is 49.1 Å². The molecule has 0 heterocycles. The molecule has 0 aliphatic heterocycles. The molecular formula is C37H59O9-. The zero-order valence-corrected chi connectivity index (χ0v) is 28.2. The molecular weight excluding hydrogens is 588 g/mol. The highest BCUT2D eigenvalue weighted by atomic mass is 16.2. The number of rotatable bonds is 3. The van der Waals surface area contributed by atoms with Gasteiger partial charge in [-0.05, 0) is 76.2 Å². The maximum atomic E-state index is 11.4. The van der Waals surface area contributed by atoms with Crippen LogP contribution in [0, 0.1) is 11.8 Å². The number of allylic oxidation sites excluding steroid dienone is 6. The van der Waals surface area contributed by atoms with Gasteiger partial charge in [-0.25, -0.2) is 0 Å². The Labute approximate surface area is 277 Å². The molecule has 0 bridgehead atoms. The largest absolute Gasteiger partial charge is 0.870 e. The van der Waals surface area contributed by atoms with Crippen LogP contribution in [0.4, 0.5) is 0 Å². The monoisotopic (exact) mass is 647 g/mol. The molecule has 262 valence electrons. The SMILES string of the molecule is C.C=CC(C)=O.C=CC(C)=O.CC.CC1C=CC(=O)CC1.CCC=O.O=C1C=C2CCCC(=O)C2CC1.O=C1CCCC(=O)C1.[OH-]. The van der Waals surface area contributed by atoms with Crippen LogP contribution in [0.15, 0.2) is 49.1 Å². The van der Waals surface area contributed by atoms with Crippen LogP contribution in [0.1, 0.15) is 126 Å². The van der Waals surface area contributed by atoms with Crippen LogP contribution in [0.5, 0.6) is 0 Å². The lowest BCUT2D eigenvalue weighted by Gasteiger charge is -2.26. The van der Waals surface area contributed by atoms with Gasteiger partial charge in [0.05, 0.1) is 6.42 Å². The summed E-state index contributed by atoms with van der Waals surface area (Å²) < 4.78 is 0. The van der Waals surface area contributed by atoms with E-state index >= 15 is 0 Å². The minimum absolute atomic E-state index is 0. The van der Waals surface area contributed by atoms with Crippen molar-refractivity contribution in [1.29, 1.82) is 0 Å². The Bertz CT molecular complexity index is 999. The van der Waals surface area contributed by atoms with Crippen LogP contribution in [0.3, 0.4) is 0 Å². The molecule has 4 aliphatic rings. The van der Waals surface area contributed by atoms with Gasteiger partial charge in [-0.3, -0.25) is 33.6 Å². The number of Topliss-reactive ketones (excluding diaryl/α,β-unsaturated/α-hetero) is 3. The van der Waals surface area contributed by atoms with E-state index in [1.807, 2.05) is 26.8 Å². The molecule has 1 N–H and O–H groups in total. The van der Waals surface area contributed by atoms with Crippen molar-refractivity contribution in [2.45, 2.75) is 126 Å². The number of carbonyl (C=O) groups excluding carboxylic acids is 8. The third kappa shape index (κ3) is 31.7. The van der Waals surface area contributed by atoms with Gasteiger partial charge in [-0.15, -0.1) is 0 Å². The summed E-state index contributed by atoms with van der Waals surface area (Å²) in [4.78, 5) is 82.4. The number of ketones is 7. The molecule has 2 atom stereocenters. The normalized spacial score (nSPS) is 18.6. The quantitative estimate of drug-likeness (QED) is 0.171. The summed E-state index contributed by atoms with van der Waals surface area (Å²) in [5, 5.41) is 0. The highest BCUT2D eigenvalue weighted by Gasteiger charge is 2.30. The highest BCUT2D eigenvalue weighted by molar-refractivity contribution is 6.01. The summed E-state index contributed by atoms with van der Waals surface area (Å²) in [7, 11) is 0. The van der Waals surface area contributed by atoms with Crippen LogP contribution in [-0.2, 0) is 38.4 Å². The van der Waals surface area contributed by atoms with E-state index in [1.165, 1.54) is 26.0 Å². The first-order valence-electron chi connectivity index (χ1n) is 15.5. The van der Waals surface area contributed by atoms with Crippen LogP contribution in [-0.4, -0.2) is 52.2 Å². The lowest BCUT2D eigenvalue weighted by molar-refractivity contribution is -0.130. The molecule has 0 aromatic carbocycles. The molecule has 2 saturated carbocycles. The van der Waals surface area contributed by atoms with Crippen molar-refractivity contribution >= 4 is 46.8 Å². The number of aldehydes is 1. The number of fused-ring (bicyclic) bond motifs is 1. The molecule has 0 amide bonds. The average molecular weight is 648 g/mol. The van der Waals surface area contributed by atoms with Crippen molar-refractivity contribution in [3.8, 4) is 0 Å². The molecule has 46 heavy (non-hydrogen) atoms. The molecule has 0 aromatic rings. The van der Waals surface area contributed by atoms with E-state index in [-0.39, 0.29) is 59.9 Å². The van der Waals surface area contributed by atoms with Crippen molar-refractivity contribution < 1.29 is 43.8 Å². The van der Waals surface area contributed by atoms with Gasteiger partial charge in [0.2, 0.25) is 0 Å². The minimum atomic E-state index is 0. The molecule has 9 nitrogen and oxygen atoms in total.